The van der Waals surface area contributed by atoms with Crippen molar-refractivity contribution in [2.24, 2.45) is 0 Å². The smallest absolute Gasteiger partial charge is 0.299 e. The Bertz CT molecular complexity index is 1340. The van der Waals surface area contributed by atoms with E-state index < -0.39 is 11.6 Å². The number of benzene rings is 2. The summed E-state index contributed by atoms with van der Waals surface area (Å²) < 4.78 is 3.17. The molecular formula is C21H19N5O3S2. The van der Waals surface area contributed by atoms with Gasteiger partial charge in [0.2, 0.25) is 11.0 Å². The van der Waals surface area contributed by atoms with E-state index in [1.54, 1.807) is 31.2 Å². The molecule has 4 rings (SSSR count). The van der Waals surface area contributed by atoms with E-state index in [9.17, 15) is 14.4 Å². The molecule has 0 radical (unpaired) electrons. The molecule has 0 atom stereocenters. The third kappa shape index (κ3) is 4.59. The molecule has 0 aliphatic rings. The molecule has 0 aliphatic carbocycles. The fourth-order valence-electron chi connectivity index (χ4n) is 3.14. The van der Waals surface area contributed by atoms with Gasteiger partial charge in [-0.2, -0.15) is 0 Å². The summed E-state index contributed by atoms with van der Waals surface area (Å²) in [7, 11) is 0. The van der Waals surface area contributed by atoms with Crippen molar-refractivity contribution in [1.29, 1.82) is 0 Å². The molecule has 2 aromatic heterocycles. The molecule has 0 spiro atoms. The van der Waals surface area contributed by atoms with Crippen LogP contribution in [-0.2, 0) is 23.6 Å². The molecule has 2 aromatic carbocycles. The highest BCUT2D eigenvalue weighted by molar-refractivity contribution is 8.00. The van der Waals surface area contributed by atoms with E-state index in [0.717, 1.165) is 14.7 Å². The minimum atomic E-state index is -0.516. The second kappa shape index (κ2) is 9.27. The van der Waals surface area contributed by atoms with Crippen LogP contribution in [0, 0.1) is 0 Å². The Morgan fingerprint density at radius 1 is 1.03 bits per heavy atom. The third-order valence-electron chi connectivity index (χ3n) is 4.61. The number of aromatic nitrogens is 4. The molecule has 8 nitrogen and oxygen atoms in total. The molecule has 1 amide bonds. The number of carbonyl (C=O) groups is 1. The Hall–Kier alpha value is -3.24. The van der Waals surface area contributed by atoms with Crippen molar-refractivity contribution in [3.8, 4) is 0 Å². The van der Waals surface area contributed by atoms with E-state index in [-0.39, 0.29) is 18.6 Å². The van der Waals surface area contributed by atoms with Crippen molar-refractivity contribution < 1.29 is 4.79 Å². The number of hydrogen-bond donors (Lipinski definition) is 1. The summed E-state index contributed by atoms with van der Waals surface area (Å²) in [4.78, 5) is 37.9. The molecule has 2 heterocycles. The topological polar surface area (TPSA) is 98.9 Å². The van der Waals surface area contributed by atoms with E-state index in [0.29, 0.717) is 16.0 Å². The molecule has 0 saturated heterocycles. The zero-order valence-corrected chi connectivity index (χ0v) is 18.3. The number of nitrogens with one attached hydrogen (secondary N) is 1. The second-order valence-corrected chi connectivity index (χ2v) is 8.83. The molecule has 10 heteroatoms. The summed E-state index contributed by atoms with van der Waals surface area (Å²) in [5, 5.41) is 11.6. The van der Waals surface area contributed by atoms with Crippen molar-refractivity contribution in [1.82, 2.24) is 19.3 Å². The molecule has 0 unspecified atom stereocenters. The zero-order valence-electron chi connectivity index (χ0n) is 16.6. The van der Waals surface area contributed by atoms with Gasteiger partial charge >= 0.3 is 5.69 Å². The number of thioether (sulfide) groups is 1. The highest BCUT2D eigenvalue weighted by Gasteiger charge is 2.15. The van der Waals surface area contributed by atoms with Crippen LogP contribution in [0.3, 0.4) is 0 Å². The van der Waals surface area contributed by atoms with Gasteiger partial charge in [-0.15, -0.1) is 10.2 Å². The summed E-state index contributed by atoms with van der Waals surface area (Å²) in [6.07, 6.45) is 0. The number of anilines is 1. The molecular weight excluding hydrogens is 434 g/mol. The van der Waals surface area contributed by atoms with Crippen molar-refractivity contribution in [3.05, 3.63) is 81.0 Å². The molecule has 0 saturated carbocycles. The molecule has 31 heavy (non-hydrogen) atoms. The van der Waals surface area contributed by atoms with Crippen LogP contribution in [0.2, 0.25) is 0 Å². The maximum absolute atomic E-state index is 12.8. The lowest BCUT2D eigenvalue weighted by Crippen LogP contribution is -2.41. The summed E-state index contributed by atoms with van der Waals surface area (Å²) in [5.41, 5.74) is 0.723. The zero-order chi connectivity index (χ0) is 21.8. The van der Waals surface area contributed by atoms with Crippen molar-refractivity contribution >= 4 is 45.0 Å². The lowest BCUT2D eigenvalue weighted by atomic mass is 10.2. The Morgan fingerprint density at radius 2 is 1.77 bits per heavy atom. The van der Waals surface area contributed by atoms with Crippen molar-refractivity contribution in [2.75, 3.05) is 5.32 Å². The summed E-state index contributed by atoms with van der Waals surface area (Å²) in [6.45, 7) is 1.71. The Labute approximate surface area is 185 Å². The van der Waals surface area contributed by atoms with Gasteiger partial charge in [0.05, 0.1) is 10.9 Å². The fraction of sp³-hybridized carbons (Fsp3) is 0.190. The standard InChI is InChI=1S/C21H19N5O3S2/c1-2-25-18(28)15-10-6-7-11-16(15)26(21(25)29)12-17(27)22-19-23-24-20(31-19)30-13-14-8-4-3-5-9-14/h3-11H,2,12-13H2,1H3,(H,22,23,27). The number of hydrogen-bond acceptors (Lipinski definition) is 7. The average Bonchev–Trinajstić information content (AvgIpc) is 3.23. The van der Waals surface area contributed by atoms with Gasteiger partial charge < -0.3 is 0 Å². The SMILES string of the molecule is CCn1c(=O)c2ccccc2n(CC(=O)Nc2nnc(SCc3ccccc3)s2)c1=O. The van der Waals surface area contributed by atoms with Crippen molar-refractivity contribution in [2.45, 2.75) is 30.1 Å². The number of para-hydroxylation sites is 1. The molecule has 1 N–H and O–H groups in total. The van der Waals surface area contributed by atoms with E-state index in [2.05, 4.69) is 15.5 Å². The number of carbonyl (C=O) groups excluding carboxylic acids is 1. The first-order valence-corrected chi connectivity index (χ1v) is 11.4. The van der Waals surface area contributed by atoms with E-state index in [4.69, 9.17) is 0 Å². The predicted molar refractivity (Wildman–Crippen MR) is 123 cm³/mol. The largest absolute Gasteiger partial charge is 0.331 e. The lowest BCUT2D eigenvalue weighted by molar-refractivity contribution is -0.116. The maximum Gasteiger partial charge on any atom is 0.331 e. The van der Waals surface area contributed by atoms with Crippen LogP contribution in [0.25, 0.3) is 10.9 Å². The second-order valence-electron chi connectivity index (χ2n) is 6.63. The maximum atomic E-state index is 12.8. The molecule has 0 aliphatic heterocycles. The number of amides is 1. The number of nitrogens with zero attached hydrogens (tertiary/aromatic N) is 4. The van der Waals surface area contributed by atoms with E-state index >= 15 is 0 Å². The average molecular weight is 454 g/mol. The van der Waals surface area contributed by atoms with Crippen LogP contribution in [0.1, 0.15) is 12.5 Å². The highest BCUT2D eigenvalue weighted by Crippen LogP contribution is 2.28. The number of fused-ring (bicyclic) bond motifs is 1. The van der Waals surface area contributed by atoms with Gasteiger partial charge in [-0.05, 0) is 24.6 Å². The normalized spacial score (nSPS) is 11.0. The van der Waals surface area contributed by atoms with Gasteiger partial charge in [0, 0.05) is 12.3 Å². The molecule has 0 fully saturated rings. The highest BCUT2D eigenvalue weighted by atomic mass is 32.2. The van der Waals surface area contributed by atoms with Crippen LogP contribution >= 0.6 is 23.1 Å². The Morgan fingerprint density at radius 3 is 2.55 bits per heavy atom. The van der Waals surface area contributed by atoms with Crippen LogP contribution in [-0.4, -0.2) is 25.2 Å². The van der Waals surface area contributed by atoms with Gasteiger partial charge in [-0.25, -0.2) is 4.79 Å². The fourth-order valence-corrected chi connectivity index (χ4v) is 4.87. The first-order chi connectivity index (χ1) is 15.1. The Kier molecular flexibility index (Phi) is 6.28. The van der Waals surface area contributed by atoms with Crippen molar-refractivity contribution in [3.63, 3.8) is 0 Å². The van der Waals surface area contributed by atoms with Crippen LogP contribution in [0.5, 0.6) is 0 Å². The summed E-state index contributed by atoms with van der Waals surface area (Å²) in [5.74, 6) is 0.341. The summed E-state index contributed by atoms with van der Waals surface area (Å²) in [6, 6.07) is 16.8. The van der Waals surface area contributed by atoms with Crippen LogP contribution < -0.4 is 16.6 Å². The minimum absolute atomic E-state index is 0.225. The van der Waals surface area contributed by atoms with Crippen LogP contribution in [0.4, 0.5) is 5.13 Å². The monoisotopic (exact) mass is 453 g/mol. The predicted octanol–water partition coefficient (Wildman–Crippen LogP) is 2.97. The first-order valence-electron chi connectivity index (χ1n) is 9.59. The van der Waals surface area contributed by atoms with Gasteiger partial charge in [0.25, 0.3) is 5.56 Å². The van der Waals surface area contributed by atoms with E-state index in [1.165, 1.54) is 33.2 Å². The summed E-state index contributed by atoms with van der Waals surface area (Å²) >= 11 is 2.81. The van der Waals surface area contributed by atoms with E-state index in [1.807, 2.05) is 30.3 Å². The lowest BCUT2D eigenvalue weighted by Gasteiger charge is -2.12. The minimum Gasteiger partial charge on any atom is -0.299 e. The molecule has 0 bridgehead atoms. The quantitative estimate of drug-likeness (QED) is 0.341. The van der Waals surface area contributed by atoms with Gasteiger partial charge in [-0.3, -0.25) is 24.0 Å². The first kappa shape index (κ1) is 21.0. The Balaban J connectivity index is 1.50. The van der Waals surface area contributed by atoms with Crippen LogP contribution in [0.15, 0.2) is 68.5 Å². The van der Waals surface area contributed by atoms with Gasteiger partial charge in [0.15, 0.2) is 4.34 Å². The van der Waals surface area contributed by atoms with Gasteiger partial charge in [-0.1, -0.05) is 65.6 Å². The number of rotatable bonds is 7. The third-order valence-corrected chi connectivity index (χ3v) is 6.65. The molecule has 158 valence electrons. The van der Waals surface area contributed by atoms with Gasteiger partial charge in [0.1, 0.15) is 6.54 Å². The molecule has 4 aromatic rings.